The number of carbonyl (C=O) groups excluding carboxylic acids is 2. The highest BCUT2D eigenvalue weighted by Gasteiger charge is 2.27. The SMILES string of the molecule is COC(=O)CCCCNC(=O)c1cnc2c(c1)c(=O)[nH]c(=O)n2C1CC1. The van der Waals surface area contributed by atoms with Crippen LogP contribution in [0.5, 0.6) is 0 Å². The minimum absolute atomic E-state index is 0.0591. The summed E-state index contributed by atoms with van der Waals surface area (Å²) in [7, 11) is 1.33. The second-order valence-electron chi connectivity index (χ2n) is 6.24. The van der Waals surface area contributed by atoms with Crippen LogP contribution in [0.2, 0.25) is 0 Å². The van der Waals surface area contributed by atoms with E-state index in [0.29, 0.717) is 31.5 Å². The number of nitrogens with zero attached hydrogens (tertiary/aromatic N) is 2. The van der Waals surface area contributed by atoms with Gasteiger partial charge in [-0.1, -0.05) is 0 Å². The topological polar surface area (TPSA) is 123 Å². The maximum Gasteiger partial charge on any atom is 0.330 e. The molecule has 26 heavy (non-hydrogen) atoms. The van der Waals surface area contributed by atoms with Crippen molar-refractivity contribution in [3.8, 4) is 0 Å². The van der Waals surface area contributed by atoms with Gasteiger partial charge in [0.25, 0.3) is 11.5 Å². The number of amides is 1. The van der Waals surface area contributed by atoms with Crippen LogP contribution in [-0.4, -0.2) is 40.1 Å². The molecule has 0 radical (unpaired) electrons. The van der Waals surface area contributed by atoms with Crippen LogP contribution in [0.25, 0.3) is 11.0 Å². The van der Waals surface area contributed by atoms with Gasteiger partial charge >= 0.3 is 11.7 Å². The average molecular weight is 360 g/mol. The molecule has 1 amide bonds. The number of H-pyrrole nitrogens is 1. The van der Waals surface area contributed by atoms with Crippen molar-refractivity contribution < 1.29 is 14.3 Å². The second kappa shape index (κ2) is 7.51. The van der Waals surface area contributed by atoms with Crippen molar-refractivity contribution in [3.63, 3.8) is 0 Å². The first kappa shape index (κ1) is 17.8. The van der Waals surface area contributed by atoms with E-state index < -0.39 is 11.2 Å². The summed E-state index contributed by atoms with van der Waals surface area (Å²) in [5.74, 6) is -0.642. The fourth-order valence-electron chi connectivity index (χ4n) is 2.73. The summed E-state index contributed by atoms with van der Waals surface area (Å²) in [5, 5.41) is 2.94. The summed E-state index contributed by atoms with van der Waals surface area (Å²) in [6.07, 6.45) is 4.65. The van der Waals surface area contributed by atoms with Crippen molar-refractivity contribution in [1.82, 2.24) is 19.9 Å². The maximum atomic E-state index is 12.2. The number of aromatic nitrogens is 3. The molecule has 2 N–H and O–H groups in total. The number of aromatic amines is 1. The molecule has 0 spiro atoms. The van der Waals surface area contributed by atoms with E-state index >= 15 is 0 Å². The molecule has 9 nitrogen and oxygen atoms in total. The Kier molecular flexibility index (Phi) is 5.15. The quantitative estimate of drug-likeness (QED) is 0.547. The summed E-state index contributed by atoms with van der Waals surface area (Å²) in [6.45, 7) is 0.395. The van der Waals surface area contributed by atoms with E-state index in [0.717, 1.165) is 12.8 Å². The number of hydrogen-bond acceptors (Lipinski definition) is 6. The largest absolute Gasteiger partial charge is 0.469 e. The van der Waals surface area contributed by atoms with Gasteiger partial charge in [0.05, 0.1) is 18.1 Å². The van der Waals surface area contributed by atoms with Crippen LogP contribution in [-0.2, 0) is 9.53 Å². The Hall–Kier alpha value is -2.97. The smallest absolute Gasteiger partial charge is 0.330 e. The first-order valence-electron chi connectivity index (χ1n) is 8.51. The lowest BCUT2D eigenvalue weighted by Crippen LogP contribution is -2.31. The fourth-order valence-corrected chi connectivity index (χ4v) is 2.73. The lowest BCUT2D eigenvalue weighted by atomic mass is 10.2. The van der Waals surface area contributed by atoms with Crippen molar-refractivity contribution in [2.45, 2.75) is 38.1 Å². The van der Waals surface area contributed by atoms with Gasteiger partial charge < -0.3 is 10.1 Å². The van der Waals surface area contributed by atoms with Crippen LogP contribution >= 0.6 is 0 Å². The highest BCUT2D eigenvalue weighted by Crippen LogP contribution is 2.34. The van der Waals surface area contributed by atoms with Gasteiger partial charge in [-0.3, -0.25) is 23.9 Å². The molecule has 1 aliphatic rings. The number of unbranched alkanes of at least 4 members (excludes halogenated alkanes) is 1. The van der Waals surface area contributed by atoms with E-state index in [1.807, 2.05) is 0 Å². The second-order valence-corrected chi connectivity index (χ2v) is 6.24. The number of nitrogens with one attached hydrogen (secondary N) is 2. The number of hydrogen-bond donors (Lipinski definition) is 2. The van der Waals surface area contributed by atoms with Gasteiger partial charge in [0.15, 0.2) is 0 Å². The van der Waals surface area contributed by atoms with E-state index in [4.69, 9.17) is 0 Å². The van der Waals surface area contributed by atoms with Crippen molar-refractivity contribution >= 4 is 22.9 Å². The molecule has 1 saturated carbocycles. The Morgan fingerprint density at radius 2 is 2.12 bits per heavy atom. The third kappa shape index (κ3) is 3.81. The number of rotatable bonds is 7. The molecule has 1 fully saturated rings. The standard InChI is InChI=1S/C17H20N4O5/c1-26-13(22)4-2-3-7-18-15(23)10-8-12-14(19-9-10)21(11-5-6-11)17(25)20-16(12)24/h8-9,11H,2-7H2,1H3,(H,18,23)(H,20,24,25). The van der Waals surface area contributed by atoms with Crippen LogP contribution in [0.15, 0.2) is 21.9 Å². The van der Waals surface area contributed by atoms with E-state index in [1.165, 1.54) is 23.9 Å². The zero-order valence-electron chi connectivity index (χ0n) is 14.4. The Bertz CT molecular complexity index is 958. The molecule has 9 heteroatoms. The molecule has 138 valence electrons. The van der Waals surface area contributed by atoms with Gasteiger partial charge in [-0.25, -0.2) is 9.78 Å². The number of fused-ring (bicyclic) bond motifs is 1. The zero-order valence-corrected chi connectivity index (χ0v) is 14.4. The number of carbonyl (C=O) groups is 2. The Balaban J connectivity index is 1.71. The summed E-state index contributed by atoms with van der Waals surface area (Å²) in [5.41, 5.74) is -0.477. The minimum atomic E-state index is -0.554. The molecule has 3 rings (SSSR count). The summed E-state index contributed by atoms with van der Waals surface area (Å²) in [4.78, 5) is 53.8. The predicted octanol–water partition coefficient (Wildman–Crippen LogP) is 0.493. The molecule has 2 aromatic rings. The van der Waals surface area contributed by atoms with E-state index in [9.17, 15) is 19.2 Å². The first-order valence-corrected chi connectivity index (χ1v) is 8.51. The van der Waals surface area contributed by atoms with Crippen molar-refractivity contribution in [2.24, 2.45) is 0 Å². The van der Waals surface area contributed by atoms with Crippen molar-refractivity contribution in [2.75, 3.05) is 13.7 Å². The van der Waals surface area contributed by atoms with E-state index in [-0.39, 0.29) is 28.9 Å². The Morgan fingerprint density at radius 1 is 1.35 bits per heavy atom. The van der Waals surface area contributed by atoms with Gasteiger partial charge in [0.2, 0.25) is 0 Å². The number of methoxy groups -OCH3 is 1. The third-order valence-electron chi connectivity index (χ3n) is 4.27. The minimum Gasteiger partial charge on any atom is -0.469 e. The van der Waals surface area contributed by atoms with Crippen molar-refractivity contribution in [1.29, 1.82) is 0 Å². The van der Waals surface area contributed by atoms with Gasteiger partial charge in [0, 0.05) is 25.2 Å². The third-order valence-corrected chi connectivity index (χ3v) is 4.27. The molecular weight excluding hydrogens is 340 g/mol. The van der Waals surface area contributed by atoms with Crippen molar-refractivity contribution in [3.05, 3.63) is 38.7 Å². The Morgan fingerprint density at radius 3 is 2.81 bits per heavy atom. The highest BCUT2D eigenvalue weighted by atomic mass is 16.5. The van der Waals surface area contributed by atoms with Gasteiger partial charge in [-0.15, -0.1) is 0 Å². The Labute approximate surface area is 148 Å². The summed E-state index contributed by atoms with van der Waals surface area (Å²) in [6, 6.07) is 1.51. The molecule has 0 aromatic carbocycles. The van der Waals surface area contributed by atoms with Crippen LogP contribution < -0.4 is 16.6 Å². The molecule has 0 saturated heterocycles. The first-order chi connectivity index (χ1) is 12.5. The van der Waals surface area contributed by atoms with Crippen LogP contribution in [0, 0.1) is 0 Å². The molecule has 0 bridgehead atoms. The molecular formula is C17H20N4O5. The molecule has 0 atom stereocenters. The van der Waals surface area contributed by atoms with Crippen LogP contribution in [0.1, 0.15) is 48.5 Å². The van der Waals surface area contributed by atoms with Crippen LogP contribution in [0.4, 0.5) is 0 Å². The van der Waals surface area contributed by atoms with Gasteiger partial charge in [0.1, 0.15) is 5.65 Å². The van der Waals surface area contributed by atoms with E-state index in [1.54, 1.807) is 0 Å². The molecule has 0 aliphatic heterocycles. The maximum absolute atomic E-state index is 12.2. The molecule has 1 aliphatic carbocycles. The zero-order chi connectivity index (χ0) is 18.7. The number of esters is 1. The number of pyridine rings is 1. The number of ether oxygens (including phenoxy) is 1. The molecule has 2 aromatic heterocycles. The lowest BCUT2D eigenvalue weighted by Gasteiger charge is -2.09. The highest BCUT2D eigenvalue weighted by molar-refractivity contribution is 5.96. The molecule has 2 heterocycles. The summed E-state index contributed by atoms with van der Waals surface area (Å²) >= 11 is 0. The monoisotopic (exact) mass is 360 g/mol. The average Bonchev–Trinajstić information content (AvgIpc) is 3.45. The van der Waals surface area contributed by atoms with Gasteiger partial charge in [-0.05, 0) is 31.7 Å². The fraction of sp³-hybridized carbons (Fsp3) is 0.471. The summed E-state index contributed by atoms with van der Waals surface area (Å²) < 4.78 is 6.02. The lowest BCUT2D eigenvalue weighted by molar-refractivity contribution is -0.140. The predicted molar refractivity (Wildman–Crippen MR) is 93.1 cm³/mol. The normalized spacial score (nSPS) is 13.6. The van der Waals surface area contributed by atoms with E-state index in [2.05, 4.69) is 20.0 Å². The van der Waals surface area contributed by atoms with Crippen LogP contribution in [0.3, 0.4) is 0 Å². The van der Waals surface area contributed by atoms with Gasteiger partial charge in [-0.2, -0.15) is 0 Å². The molecule has 0 unspecified atom stereocenters.